The van der Waals surface area contributed by atoms with Gasteiger partial charge in [-0.15, -0.1) is 0 Å². The number of amides is 2. The molecule has 0 aliphatic carbocycles. The number of anilines is 1. The first-order chi connectivity index (χ1) is 16.4. The number of hydrogen-bond donors (Lipinski definition) is 3. The molecule has 1 atom stereocenters. The Morgan fingerprint density at radius 2 is 1.74 bits per heavy atom. The molecule has 0 fully saturated rings. The first-order valence-corrected chi connectivity index (χ1v) is 12.6. The highest BCUT2D eigenvalue weighted by Crippen LogP contribution is 2.34. The van der Waals surface area contributed by atoms with Gasteiger partial charge in [-0.1, -0.05) is 24.3 Å². The molecule has 2 amide bonds. The third kappa shape index (κ3) is 4.71. The van der Waals surface area contributed by atoms with Gasteiger partial charge in [0, 0.05) is 18.8 Å². The second-order valence-corrected chi connectivity index (χ2v) is 10.4. The number of rotatable bonds is 6. The number of carbonyl (C=O) groups excluding carboxylic acids is 1. The largest absolute Gasteiger partial charge is 0.454 e. The summed E-state index contributed by atoms with van der Waals surface area (Å²) in [5.41, 5.74) is 4.50. The van der Waals surface area contributed by atoms with E-state index in [0.29, 0.717) is 17.2 Å². The first-order valence-electron chi connectivity index (χ1n) is 11.0. The SMILES string of the molecule is CC(NC(=O)Nc1ccc(S(=O)(=O)Cc2ccc3c(c2)CNC3)cc1)c1ccc2c(c1)OCO2. The minimum atomic E-state index is -3.51. The zero-order valence-corrected chi connectivity index (χ0v) is 19.4. The third-order valence-corrected chi connectivity index (χ3v) is 7.68. The van der Waals surface area contributed by atoms with Crippen LogP contribution in [0, 0.1) is 0 Å². The number of carbonyl (C=O) groups is 1. The van der Waals surface area contributed by atoms with E-state index in [2.05, 4.69) is 16.0 Å². The Labute approximate surface area is 198 Å². The van der Waals surface area contributed by atoms with Crippen LogP contribution < -0.4 is 25.4 Å². The van der Waals surface area contributed by atoms with E-state index >= 15 is 0 Å². The summed E-state index contributed by atoms with van der Waals surface area (Å²) < 4.78 is 36.5. The van der Waals surface area contributed by atoms with E-state index in [0.717, 1.165) is 29.8 Å². The predicted octanol–water partition coefficient (Wildman–Crippen LogP) is 3.88. The van der Waals surface area contributed by atoms with Gasteiger partial charge in [-0.25, -0.2) is 13.2 Å². The fraction of sp³-hybridized carbons (Fsp3) is 0.240. The summed E-state index contributed by atoms with van der Waals surface area (Å²) in [5, 5.41) is 8.87. The summed E-state index contributed by atoms with van der Waals surface area (Å²) in [6.07, 6.45) is 0. The Balaban J connectivity index is 1.20. The monoisotopic (exact) mass is 479 g/mol. The van der Waals surface area contributed by atoms with Crippen LogP contribution in [0.2, 0.25) is 0 Å². The molecular weight excluding hydrogens is 454 g/mol. The van der Waals surface area contributed by atoms with Gasteiger partial charge in [-0.3, -0.25) is 0 Å². The van der Waals surface area contributed by atoms with Gasteiger partial charge in [0.15, 0.2) is 21.3 Å². The van der Waals surface area contributed by atoms with Crippen molar-refractivity contribution in [3.63, 3.8) is 0 Å². The van der Waals surface area contributed by atoms with E-state index in [1.807, 2.05) is 43.3 Å². The van der Waals surface area contributed by atoms with Crippen LogP contribution >= 0.6 is 0 Å². The Hall–Kier alpha value is -3.56. The van der Waals surface area contributed by atoms with E-state index in [1.165, 1.54) is 17.7 Å². The fourth-order valence-corrected chi connectivity index (χ4v) is 5.45. The van der Waals surface area contributed by atoms with Gasteiger partial charge in [-0.2, -0.15) is 0 Å². The predicted molar refractivity (Wildman–Crippen MR) is 127 cm³/mol. The van der Waals surface area contributed by atoms with Gasteiger partial charge in [0.05, 0.1) is 16.7 Å². The number of hydrogen-bond acceptors (Lipinski definition) is 6. The van der Waals surface area contributed by atoms with Crippen molar-refractivity contribution in [3.8, 4) is 11.5 Å². The topological polar surface area (TPSA) is 106 Å². The molecule has 0 bridgehead atoms. The molecule has 34 heavy (non-hydrogen) atoms. The molecule has 0 spiro atoms. The molecule has 0 saturated carbocycles. The third-order valence-electron chi connectivity index (χ3n) is 5.97. The van der Waals surface area contributed by atoms with E-state index in [-0.39, 0.29) is 23.5 Å². The van der Waals surface area contributed by atoms with E-state index < -0.39 is 15.9 Å². The second kappa shape index (κ2) is 9.00. The molecule has 2 aliphatic rings. The number of benzene rings is 3. The van der Waals surface area contributed by atoms with Gasteiger partial charge in [0.2, 0.25) is 6.79 Å². The normalized spacial score (nSPS) is 15.0. The summed E-state index contributed by atoms with van der Waals surface area (Å²) in [7, 11) is -3.51. The van der Waals surface area contributed by atoms with Crippen LogP contribution in [-0.4, -0.2) is 21.2 Å². The lowest BCUT2D eigenvalue weighted by Crippen LogP contribution is -2.31. The zero-order chi connectivity index (χ0) is 23.7. The molecule has 176 valence electrons. The Morgan fingerprint density at radius 1 is 0.971 bits per heavy atom. The standard InChI is InChI=1S/C25H25N3O5S/c1-16(18-4-9-23-24(11-18)33-15-32-23)27-25(29)28-21-5-7-22(8-6-21)34(30,31)14-17-2-3-19-12-26-13-20(19)10-17/h2-11,16,26H,12-15H2,1H3,(H2,27,28,29). The van der Waals surface area contributed by atoms with Crippen molar-refractivity contribution in [1.29, 1.82) is 0 Å². The summed E-state index contributed by atoms with van der Waals surface area (Å²) in [4.78, 5) is 12.7. The van der Waals surface area contributed by atoms with Gasteiger partial charge >= 0.3 is 6.03 Å². The highest BCUT2D eigenvalue weighted by atomic mass is 32.2. The highest BCUT2D eigenvalue weighted by Gasteiger charge is 2.19. The van der Waals surface area contributed by atoms with E-state index in [9.17, 15) is 13.2 Å². The fourth-order valence-electron chi connectivity index (χ4n) is 4.12. The van der Waals surface area contributed by atoms with Crippen molar-refractivity contribution in [2.75, 3.05) is 12.1 Å². The number of ether oxygens (including phenoxy) is 2. The maximum Gasteiger partial charge on any atom is 0.319 e. The second-order valence-electron chi connectivity index (χ2n) is 8.42. The van der Waals surface area contributed by atoms with Crippen LogP contribution in [0.25, 0.3) is 0 Å². The van der Waals surface area contributed by atoms with Crippen LogP contribution in [0.15, 0.2) is 65.6 Å². The van der Waals surface area contributed by atoms with Crippen molar-refractivity contribution in [2.24, 2.45) is 0 Å². The molecule has 2 heterocycles. The Kier molecular flexibility index (Phi) is 5.89. The molecule has 0 saturated heterocycles. The summed E-state index contributed by atoms with van der Waals surface area (Å²) >= 11 is 0. The van der Waals surface area contributed by atoms with Crippen LogP contribution in [0.5, 0.6) is 11.5 Å². The summed E-state index contributed by atoms with van der Waals surface area (Å²) in [6, 6.07) is 16.9. The van der Waals surface area contributed by atoms with E-state index in [1.54, 1.807) is 12.1 Å². The molecule has 1 unspecified atom stereocenters. The van der Waals surface area contributed by atoms with Gasteiger partial charge in [0.1, 0.15) is 0 Å². The average molecular weight is 480 g/mol. The molecule has 5 rings (SSSR count). The van der Waals surface area contributed by atoms with Crippen molar-refractivity contribution >= 4 is 21.6 Å². The zero-order valence-electron chi connectivity index (χ0n) is 18.6. The van der Waals surface area contributed by atoms with E-state index in [4.69, 9.17) is 9.47 Å². The smallest absolute Gasteiger partial charge is 0.319 e. The molecule has 3 aromatic rings. The number of sulfone groups is 1. The molecule has 0 radical (unpaired) electrons. The first kappa shape index (κ1) is 22.2. The number of nitrogens with one attached hydrogen (secondary N) is 3. The van der Waals surface area contributed by atoms with Crippen molar-refractivity contribution < 1.29 is 22.7 Å². The van der Waals surface area contributed by atoms with Gasteiger partial charge in [-0.05, 0) is 65.6 Å². The van der Waals surface area contributed by atoms with Gasteiger partial charge in [0.25, 0.3) is 0 Å². The molecular formula is C25H25N3O5S. The lowest BCUT2D eigenvalue weighted by molar-refractivity contribution is 0.174. The molecule has 9 heteroatoms. The van der Waals surface area contributed by atoms with Crippen LogP contribution in [0.3, 0.4) is 0 Å². The minimum Gasteiger partial charge on any atom is -0.454 e. The quantitative estimate of drug-likeness (QED) is 0.496. The summed E-state index contributed by atoms with van der Waals surface area (Å²) in [6.45, 7) is 3.64. The molecule has 8 nitrogen and oxygen atoms in total. The van der Waals surface area contributed by atoms with Crippen LogP contribution in [0.1, 0.15) is 35.2 Å². The summed E-state index contributed by atoms with van der Waals surface area (Å²) in [5.74, 6) is 1.27. The lowest BCUT2D eigenvalue weighted by Gasteiger charge is -2.16. The molecule has 3 N–H and O–H groups in total. The Bertz CT molecular complexity index is 1340. The van der Waals surface area contributed by atoms with Crippen LogP contribution in [0.4, 0.5) is 10.5 Å². The lowest BCUT2D eigenvalue weighted by atomic mass is 10.1. The molecule has 0 aromatic heterocycles. The number of urea groups is 1. The molecule has 2 aliphatic heterocycles. The maximum absolute atomic E-state index is 12.9. The minimum absolute atomic E-state index is 0.0689. The van der Waals surface area contributed by atoms with Crippen LogP contribution in [-0.2, 0) is 28.7 Å². The number of fused-ring (bicyclic) bond motifs is 2. The van der Waals surface area contributed by atoms with Gasteiger partial charge < -0.3 is 25.4 Å². The maximum atomic E-state index is 12.9. The van der Waals surface area contributed by atoms with Crippen molar-refractivity contribution in [2.45, 2.75) is 36.7 Å². The van der Waals surface area contributed by atoms with Crippen molar-refractivity contribution in [1.82, 2.24) is 10.6 Å². The Morgan fingerprint density at radius 3 is 2.56 bits per heavy atom. The molecule has 3 aromatic carbocycles. The van der Waals surface area contributed by atoms with Crippen molar-refractivity contribution in [3.05, 3.63) is 82.9 Å². The highest BCUT2D eigenvalue weighted by molar-refractivity contribution is 7.90. The average Bonchev–Trinajstić information content (AvgIpc) is 3.47.